The van der Waals surface area contributed by atoms with Gasteiger partial charge in [-0.3, -0.25) is 0 Å². The Bertz CT molecular complexity index is 435. The molecule has 1 fully saturated rings. The first-order valence-electron chi connectivity index (χ1n) is 7.73. The van der Waals surface area contributed by atoms with E-state index in [2.05, 4.69) is 47.2 Å². The molecule has 0 aromatic heterocycles. The highest BCUT2D eigenvalue weighted by Gasteiger charge is 2.22. The zero-order chi connectivity index (χ0) is 14.5. The quantitative estimate of drug-likeness (QED) is 0.807. The van der Waals surface area contributed by atoms with Gasteiger partial charge in [0, 0.05) is 12.1 Å². The van der Waals surface area contributed by atoms with E-state index in [1.54, 1.807) is 7.11 Å². The van der Waals surface area contributed by atoms with Crippen LogP contribution in [0.4, 0.5) is 0 Å². The molecule has 0 spiro atoms. The molecular formula is C17H26BrNO. The van der Waals surface area contributed by atoms with Gasteiger partial charge in [-0.2, -0.15) is 0 Å². The van der Waals surface area contributed by atoms with Gasteiger partial charge in [-0.15, -0.1) is 0 Å². The molecule has 0 aliphatic heterocycles. The maximum absolute atomic E-state index is 5.29. The molecule has 2 nitrogen and oxygen atoms in total. The van der Waals surface area contributed by atoms with E-state index in [1.807, 2.05) is 6.07 Å². The molecule has 112 valence electrons. The van der Waals surface area contributed by atoms with Gasteiger partial charge in [0.05, 0.1) is 11.6 Å². The molecule has 3 heteroatoms. The molecule has 0 amide bonds. The highest BCUT2D eigenvalue weighted by atomic mass is 79.9. The summed E-state index contributed by atoms with van der Waals surface area (Å²) in [5, 5.41) is 3.80. The van der Waals surface area contributed by atoms with Crippen molar-refractivity contribution in [1.29, 1.82) is 0 Å². The summed E-state index contributed by atoms with van der Waals surface area (Å²) in [4.78, 5) is 0. The van der Waals surface area contributed by atoms with Crippen LogP contribution in [0.1, 0.15) is 57.6 Å². The third-order valence-electron chi connectivity index (χ3n) is 4.52. The van der Waals surface area contributed by atoms with E-state index in [0.717, 1.165) is 16.1 Å². The molecule has 1 aliphatic carbocycles. The van der Waals surface area contributed by atoms with Crippen molar-refractivity contribution in [2.75, 3.05) is 7.11 Å². The van der Waals surface area contributed by atoms with Crippen molar-refractivity contribution in [3.05, 3.63) is 28.2 Å². The minimum atomic E-state index is 0.387. The zero-order valence-corrected chi connectivity index (χ0v) is 14.4. The van der Waals surface area contributed by atoms with Gasteiger partial charge in [-0.1, -0.05) is 32.3 Å². The summed E-state index contributed by atoms with van der Waals surface area (Å²) in [5.74, 6) is 1.81. The second-order valence-corrected chi connectivity index (χ2v) is 6.77. The van der Waals surface area contributed by atoms with E-state index >= 15 is 0 Å². The number of rotatable bonds is 5. The second kappa shape index (κ2) is 7.46. The first-order chi connectivity index (χ1) is 9.63. The lowest BCUT2D eigenvalue weighted by atomic mass is 9.84. The lowest BCUT2D eigenvalue weighted by molar-refractivity contribution is 0.266. The fourth-order valence-electron chi connectivity index (χ4n) is 3.21. The summed E-state index contributed by atoms with van der Waals surface area (Å²) in [6.45, 7) is 4.57. The Kier molecular flexibility index (Phi) is 5.91. The van der Waals surface area contributed by atoms with E-state index in [0.29, 0.717) is 12.1 Å². The average molecular weight is 340 g/mol. The molecule has 1 aliphatic rings. The van der Waals surface area contributed by atoms with E-state index in [9.17, 15) is 0 Å². The maximum Gasteiger partial charge on any atom is 0.133 e. The van der Waals surface area contributed by atoms with Crippen LogP contribution in [0.15, 0.2) is 22.7 Å². The fourth-order valence-corrected chi connectivity index (χ4v) is 3.77. The van der Waals surface area contributed by atoms with Crippen molar-refractivity contribution < 1.29 is 4.74 Å². The Hall–Kier alpha value is -0.540. The number of halogens is 1. The molecule has 1 aromatic rings. The molecule has 3 atom stereocenters. The van der Waals surface area contributed by atoms with Crippen LogP contribution in [0.3, 0.4) is 0 Å². The summed E-state index contributed by atoms with van der Waals surface area (Å²) in [6.07, 6.45) is 6.75. The summed E-state index contributed by atoms with van der Waals surface area (Å²) >= 11 is 3.57. The molecule has 1 aromatic carbocycles. The third kappa shape index (κ3) is 3.98. The molecule has 0 heterocycles. The van der Waals surface area contributed by atoms with Gasteiger partial charge < -0.3 is 10.1 Å². The van der Waals surface area contributed by atoms with Gasteiger partial charge in [-0.25, -0.2) is 0 Å². The van der Waals surface area contributed by atoms with Crippen molar-refractivity contribution in [3.8, 4) is 5.75 Å². The van der Waals surface area contributed by atoms with Gasteiger partial charge in [-0.05, 0) is 59.3 Å². The predicted molar refractivity (Wildman–Crippen MR) is 88.3 cm³/mol. The fraction of sp³-hybridized carbons (Fsp3) is 0.647. The number of methoxy groups -OCH3 is 1. The van der Waals surface area contributed by atoms with Gasteiger partial charge in [0.25, 0.3) is 0 Å². The van der Waals surface area contributed by atoms with Crippen molar-refractivity contribution in [2.24, 2.45) is 5.92 Å². The van der Waals surface area contributed by atoms with Crippen LogP contribution in [0.25, 0.3) is 0 Å². The summed E-state index contributed by atoms with van der Waals surface area (Å²) in [5.41, 5.74) is 1.32. The van der Waals surface area contributed by atoms with E-state index in [4.69, 9.17) is 4.74 Å². The Labute approximate surface area is 131 Å². The van der Waals surface area contributed by atoms with Gasteiger partial charge in [0.2, 0.25) is 0 Å². The molecule has 3 unspecified atom stereocenters. The number of benzene rings is 1. The van der Waals surface area contributed by atoms with Gasteiger partial charge in [0.15, 0.2) is 0 Å². The highest BCUT2D eigenvalue weighted by Crippen LogP contribution is 2.30. The smallest absolute Gasteiger partial charge is 0.133 e. The number of hydrogen-bond acceptors (Lipinski definition) is 2. The van der Waals surface area contributed by atoms with Crippen LogP contribution >= 0.6 is 15.9 Å². The van der Waals surface area contributed by atoms with Crippen LogP contribution in [-0.2, 0) is 0 Å². The molecule has 0 bridgehead atoms. The monoisotopic (exact) mass is 339 g/mol. The van der Waals surface area contributed by atoms with Crippen molar-refractivity contribution in [3.63, 3.8) is 0 Å². The Morgan fingerprint density at radius 3 is 2.85 bits per heavy atom. The molecule has 1 N–H and O–H groups in total. The van der Waals surface area contributed by atoms with Crippen molar-refractivity contribution in [2.45, 2.75) is 58.0 Å². The van der Waals surface area contributed by atoms with Crippen molar-refractivity contribution >= 4 is 15.9 Å². The van der Waals surface area contributed by atoms with Crippen LogP contribution in [-0.4, -0.2) is 13.2 Å². The standard InChI is InChI=1S/C17H26BrNO/c1-4-13-6-5-7-15(10-13)19-12(2)14-8-9-17(20-3)16(18)11-14/h8-9,11-13,15,19H,4-7,10H2,1-3H3. The Morgan fingerprint density at radius 1 is 1.40 bits per heavy atom. The van der Waals surface area contributed by atoms with E-state index < -0.39 is 0 Å². The average Bonchev–Trinajstić information content (AvgIpc) is 2.47. The first kappa shape index (κ1) is 15.8. The summed E-state index contributed by atoms with van der Waals surface area (Å²) < 4.78 is 6.32. The largest absolute Gasteiger partial charge is 0.496 e. The van der Waals surface area contributed by atoms with Crippen LogP contribution in [0.2, 0.25) is 0 Å². The van der Waals surface area contributed by atoms with Gasteiger partial charge >= 0.3 is 0 Å². The topological polar surface area (TPSA) is 21.3 Å². The minimum absolute atomic E-state index is 0.387. The predicted octanol–water partition coefficient (Wildman–Crippen LogP) is 5.08. The SMILES string of the molecule is CCC1CCCC(NC(C)c2ccc(OC)c(Br)c2)C1. The van der Waals surface area contributed by atoms with E-state index in [1.165, 1.54) is 37.7 Å². The zero-order valence-electron chi connectivity index (χ0n) is 12.8. The molecule has 20 heavy (non-hydrogen) atoms. The van der Waals surface area contributed by atoms with Crippen LogP contribution in [0.5, 0.6) is 5.75 Å². The lowest BCUT2D eigenvalue weighted by Crippen LogP contribution is -2.35. The first-order valence-corrected chi connectivity index (χ1v) is 8.52. The highest BCUT2D eigenvalue weighted by molar-refractivity contribution is 9.10. The van der Waals surface area contributed by atoms with Crippen molar-refractivity contribution in [1.82, 2.24) is 5.32 Å². The number of hydrogen-bond donors (Lipinski definition) is 1. The molecule has 0 radical (unpaired) electrons. The second-order valence-electron chi connectivity index (χ2n) is 5.92. The molecule has 2 rings (SSSR count). The Morgan fingerprint density at radius 2 is 2.20 bits per heavy atom. The van der Waals surface area contributed by atoms with Crippen LogP contribution in [0, 0.1) is 5.92 Å². The maximum atomic E-state index is 5.29. The summed E-state index contributed by atoms with van der Waals surface area (Å²) in [7, 11) is 1.70. The molecule has 0 saturated heterocycles. The summed E-state index contributed by atoms with van der Waals surface area (Å²) in [6, 6.07) is 7.41. The molecule has 1 saturated carbocycles. The number of ether oxygens (including phenoxy) is 1. The minimum Gasteiger partial charge on any atom is -0.496 e. The molecular weight excluding hydrogens is 314 g/mol. The Balaban J connectivity index is 1.97. The third-order valence-corrected chi connectivity index (χ3v) is 5.14. The van der Waals surface area contributed by atoms with E-state index in [-0.39, 0.29) is 0 Å². The lowest BCUT2D eigenvalue weighted by Gasteiger charge is -2.31. The number of nitrogens with one attached hydrogen (secondary N) is 1. The van der Waals surface area contributed by atoms with Gasteiger partial charge in [0.1, 0.15) is 5.75 Å². The van der Waals surface area contributed by atoms with Crippen LogP contribution < -0.4 is 10.1 Å². The normalized spacial score (nSPS) is 24.4.